The molecule has 3 nitrogen and oxygen atoms in total. The Hall–Kier alpha value is -1.22. The van der Waals surface area contributed by atoms with E-state index in [0.717, 1.165) is 30.9 Å². The van der Waals surface area contributed by atoms with E-state index < -0.39 is 0 Å². The topological polar surface area (TPSA) is 30.5 Å². The van der Waals surface area contributed by atoms with Gasteiger partial charge < -0.3 is 14.8 Å². The van der Waals surface area contributed by atoms with Crippen molar-refractivity contribution in [3.8, 4) is 11.5 Å². The van der Waals surface area contributed by atoms with Crippen molar-refractivity contribution in [1.82, 2.24) is 5.32 Å². The Bertz CT molecular complexity index is 494. The molecule has 0 spiro atoms. The first-order valence-electron chi connectivity index (χ1n) is 7.47. The third-order valence-electron chi connectivity index (χ3n) is 4.26. The third-order valence-corrected chi connectivity index (χ3v) is 4.26. The molecule has 0 aliphatic carbocycles. The number of hydrogen-bond acceptors (Lipinski definition) is 3. The average Bonchev–Trinajstić information content (AvgIpc) is 2.42. The van der Waals surface area contributed by atoms with Crippen LogP contribution in [0.2, 0.25) is 0 Å². The molecule has 0 radical (unpaired) electrons. The zero-order valence-corrected chi connectivity index (χ0v) is 13.6. The number of benzene rings is 1. The van der Waals surface area contributed by atoms with E-state index in [0.29, 0.717) is 6.04 Å². The Morgan fingerprint density at radius 1 is 1.30 bits per heavy atom. The number of fused-ring (bicyclic) bond motifs is 1. The molecule has 0 amide bonds. The first-order chi connectivity index (χ1) is 9.46. The Kier molecular flexibility index (Phi) is 4.28. The minimum atomic E-state index is 0.0468. The Labute approximate surface area is 122 Å². The minimum Gasteiger partial charge on any atom is -0.496 e. The van der Waals surface area contributed by atoms with Crippen molar-refractivity contribution < 1.29 is 9.47 Å². The highest BCUT2D eigenvalue weighted by Crippen LogP contribution is 2.46. The maximum Gasteiger partial charge on any atom is 0.127 e. The molecule has 20 heavy (non-hydrogen) atoms. The van der Waals surface area contributed by atoms with Gasteiger partial charge >= 0.3 is 0 Å². The molecule has 2 rings (SSSR count). The quantitative estimate of drug-likeness (QED) is 0.912. The van der Waals surface area contributed by atoms with Crippen LogP contribution < -0.4 is 14.8 Å². The lowest BCUT2D eigenvalue weighted by Crippen LogP contribution is -2.41. The molecule has 1 aromatic carbocycles. The van der Waals surface area contributed by atoms with Crippen molar-refractivity contribution >= 4 is 0 Å². The molecular weight excluding hydrogens is 250 g/mol. The lowest BCUT2D eigenvalue weighted by molar-refractivity contribution is 0.334. The summed E-state index contributed by atoms with van der Waals surface area (Å²) < 4.78 is 11.5. The summed E-state index contributed by atoms with van der Waals surface area (Å²) in [7, 11) is 3.54. The first kappa shape index (κ1) is 15.2. The highest BCUT2D eigenvalue weighted by Gasteiger charge is 2.36. The second-order valence-electron chi connectivity index (χ2n) is 6.30. The maximum atomic E-state index is 5.76. The van der Waals surface area contributed by atoms with E-state index in [4.69, 9.17) is 9.47 Å². The maximum absolute atomic E-state index is 5.76. The number of ether oxygens (including phenoxy) is 2. The van der Waals surface area contributed by atoms with E-state index in [-0.39, 0.29) is 5.41 Å². The van der Waals surface area contributed by atoms with Gasteiger partial charge in [0.1, 0.15) is 11.5 Å². The first-order valence-corrected chi connectivity index (χ1v) is 7.47. The fraction of sp³-hybridized carbons (Fsp3) is 0.647. The van der Waals surface area contributed by atoms with Crippen LogP contribution in [0.5, 0.6) is 11.5 Å². The largest absolute Gasteiger partial charge is 0.496 e. The normalized spacial score (nSPS) is 20.4. The number of rotatable bonds is 4. The average molecular weight is 277 g/mol. The van der Waals surface area contributed by atoms with Crippen molar-refractivity contribution in [2.45, 2.75) is 52.0 Å². The van der Waals surface area contributed by atoms with Crippen LogP contribution in [0.25, 0.3) is 0 Å². The third kappa shape index (κ3) is 2.39. The van der Waals surface area contributed by atoms with Gasteiger partial charge in [0.15, 0.2) is 0 Å². The van der Waals surface area contributed by atoms with Crippen molar-refractivity contribution in [1.29, 1.82) is 0 Å². The Balaban J connectivity index is 2.75. The zero-order valence-electron chi connectivity index (χ0n) is 13.6. The number of methoxy groups -OCH3 is 2. The van der Waals surface area contributed by atoms with Gasteiger partial charge in [-0.3, -0.25) is 0 Å². The molecule has 112 valence electrons. The van der Waals surface area contributed by atoms with Crippen LogP contribution in [0.15, 0.2) is 6.07 Å². The van der Waals surface area contributed by atoms with E-state index in [1.54, 1.807) is 14.2 Å². The van der Waals surface area contributed by atoms with Gasteiger partial charge in [0.25, 0.3) is 0 Å². The molecule has 1 aliphatic rings. The Morgan fingerprint density at radius 3 is 2.55 bits per heavy atom. The molecule has 0 aromatic heterocycles. The van der Waals surface area contributed by atoms with Gasteiger partial charge in [0, 0.05) is 29.1 Å². The lowest BCUT2D eigenvalue weighted by Gasteiger charge is -2.39. The van der Waals surface area contributed by atoms with Crippen LogP contribution >= 0.6 is 0 Å². The van der Waals surface area contributed by atoms with Gasteiger partial charge in [-0.2, -0.15) is 0 Å². The van der Waals surface area contributed by atoms with Crippen LogP contribution in [0.1, 0.15) is 56.8 Å². The molecule has 0 fully saturated rings. The molecule has 1 N–H and O–H groups in total. The number of hydrogen-bond donors (Lipinski definition) is 1. The summed E-state index contributed by atoms with van der Waals surface area (Å²) in [5.41, 5.74) is 3.86. The molecule has 0 bridgehead atoms. The Morgan fingerprint density at radius 2 is 2.00 bits per heavy atom. The van der Waals surface area contributed by atoms with Crippen LogP contribution in [-0.4, -0.2) is 20.8 Å². The summed E-state index contributed by atoms with van der Waals surface area (Å²) >= 11 is 0. The fourth-order valence-corrected chi connectivity index (χ4v) is 3.28. The second kappa shape index (κ2) is 5.65. The van der Waals surface area contributed by atoms with Crippen molar-refractivity contribution in [2.75, 3.05) is 20.8 Å². The summed E-state index contributed by atoms with van der Waals surface area (Å²) in [4.78, 5) is 0. The van der Waals surface area contributed by atoms with Gasteiger partial charge in [0.2, 0.25) is 0 Å². The van der Waals surface area contributed by atoms with Crippen LogP contribution in [0.4, 0.5) is 0 Å². The van der Waals surface area contributed by atoms with E-state index in [9.17, 15) is 0 Å². The highest BCUT2D eigenvalue weighted by atomic mass is 16.5. The van der Waals surface area contributed by atoms with Crippen LogP contribution in [0.3, 0.4) is 0 Å². The molecule has 1 unspecified atom stereocenters. The van der Waals surface area contributed by atoms with Gasteiger partial charge in [-0.05, 0) is 25.0 Å². The summed E-state index contributed by atoms with van der Waals surface area (Å²) in [6.45, 7) is 9.86. The fourth-order valence-electron chi connectivity index (χ4n) is 3.28. The second-order valence-corrected chi connectivity index (χ2v) is 6.30. The summed E-state index contributed by atoms with van der Waals surface area (Å²) in [6, 6.07) is 2.46. The molecule has 1 atom stereocenters. The molecule has 1 aliphatic heterocycles. The van der Waals surface area contributed by atoms with Crippen molar-refractivity contribution in [3.05, 3.63) is 22.8 Å². The van der Waals surface area contributed by atoms with Crippen LogP contribution in [-0.2, 0) is 11.8 Å². The van der Waals surface area contributed by atoms with Gasteiger partial charge in [0.05, 0.1) is 14.2 Å². The molecule has 1 aromatic rings. The molecular formula is C17H27NO2. The van der Waals surface area contributed by atoms with Gasteiger partial charge in [-0.1, -0.05) is 27.2 Å². The van der Waals surface area contributed by atoms with Crippen LogP contribution in [0, 0.1) is 0 Å². The van der Waals surface area contributed by atoms with Gasteiger partial charge in [-0.25, -0.2) is 0 Å². The van der Waals surface area contributed by atoms with E-state index in [2.05, 4.69) is 39.1 Å². The highest BCUT2D eigenvalue weighted by molar-refractivity contribution is 5.59. The standard InChI is InChI=1S/C17H27NO2/c1-7-8-12-9-13(19-5)15-14(16(12)20-6)11(2)18-10-17(15,3)4/h9,11,18H,7-8,10H2,1-6H3. The van der Waals surface area contributed by atoms with E-state index >= 15 is 0 Å². The number of nitrogens with one attached hydrogen (secondary N) is 1. The lowest BCUT2D eigenvalue weighted by atomic mass is 9.75. The molecule has 3 heteroatoms. The molecule has 1 heterocycles. The predicted octanol–water partition coefficient (Wildman–Crippen LogP) is 3.60. The summed E-state index contributed by atoms with van der Waals surface area (Å²) in [5, 5.41) is 3.59. The SMILES string of the molecule is CCCc1cc(OC)c2c(c1OC)C(C)NCC2(C)C. The zero-order chi connectivity index (χ0) is 14.9. The monoisotopic (exact) mass is 277 g/mol. The van der Waals surface area contributed by atoms with Gasteiger partial charge in [-0.15, -0.1) is 0 Å². The molecule has 0 saturated carbocycles. The van der Waals surface area contributed by atoms with E-state index in [1.165, 1.54) is 16.7 Å². The summed E-state index contributed by atoms with van der Waals surface area (Å²) in [5.74, 6) is 2.04. The predicted molar refractivity (Wildman–Crippen MR) is 83.0 cm³/mol. The summed E-state index contributed by atoms with van der Waals surface area (Å²) in [6.07, 6.45) is 2.11. The van der Waals surface area contributed by atoms with Crippen molar-refractivity contribution in [2.24, 2.45) is 0 Å². The van der Waals surface area contributed by atoms with Crippen molar-refractivity contribution in [3.63, 3.8) is 0 Å². The smallest absolute Gasteiger partial charge is 0.127 e. The minimum absolute atomic E-state index is 0.0468. The number of aryl methyl sites for hydroxylation is 1. The molecule has 0 saturated heterocycles. The van der Waals surface area contributed by atoms with E-state index in [1.807, 2.05) is 0 Å².